The summed E-state index contributed by atoms with van der Waals surface area (Å²) in [6, 6.07) is -0.214. The van der Waals surface area contributed by atoms with Gasteiger partial charge in [0.25, 0.3) is 0 Å². The molecule has 1 unspecified atom stereocenters. The Balaban J connectivity index is 2.36. The summed E-state index contributed by atoms with van der Waals surface area (Å²) in [7, 11) is 0. The van der Waals surface area contributed by atoms with Crippen LogP contribution in [0.3, 0.4) is 0 Å². The lowest BCUT2D eigenvalue weighted by Crippen LogP contribution is -2.22. The third-order valence-corrected chi connectivity index (χ3v) is 2.58. The van der Waals surface area contributed by atoms with Crippen molar-refractivity contribution < 1.29 is 13.2 Å². The van der Waals surface area contributed by atoms with E-state index in [1.165, 1.54) is 4.57 Å². The lowest BCUT2D eigenvalue weighted by Gasteiger charge is -2.13. The molecule has 1 aliphatic rings. The third kappa shape index (κ3) is 2.21. The fraction of sp³-hybridized carbons (Fsp3) is 0.700. The number of aromatic nitrogens is 2. The number of nitrogens with zero attached hydrogens (tertiary/aromatic N) is 2. The second-order valence-electron chi connectivity index (χ2n) is 4.34. The smallest absolute Gasteiger partial charge is 0.328 e. The molecular weight excluding hydrogens is 219 g/mol. The quantitative estimate of drug-likeness (QED) is 0.869. The minimum Gasteiger partial charge on any atom is -0.328 e. The normalized spacial score (nSPS) is 18.8. The van der Waals surface area contributed by atoms with E-state index in [1.54, 1.807) is 6.92 Å². The van der Waals surface area contributed by atoms with Crippen molar-refractivity contribution in [2.75, 3.05) is 0 Å². The maximum absolute atomic E-state index is 12.7. The van der Waals surface area contributed by atoms with Crippen LogP contribution < -0.4 is 5.73 Å². The molecule has 90 valence electrons. The Morgan fingerprint density at radius 1 is 1.56 bits per heavy atom. The first-order valence-corrected chi connectivity index (χ1v) is 5.28. The molecule has 1 fully saturated rings. The van der Waals surface area contributed by atoms with E-state index in [0.717, 1.165) is 19.0 Å². The number of hydrogen-bond donors (Lipinski definition) is 1. The molecule has 0 aromatic carbocycles. The highest BCUT2D eigenvalue weighted by atomic mass is 19.4. The van der Waals surface area contributed by atoms with E-state index in [9.17, 15) is 13.2 Å². The highest BCUT2D eigenvalue weighted by molar-refractivity contribution is 5.14. The van der Waals surface area contributed by atoms with Crippen LogP contribution in [-0.4, -0.2) is 15.6 Å². The Morgan fingerprint density at radius 3 is 2.62 bits per heavy atom. The molecule has 0 spiro atoms. The number of nitrogens with two attached hydrogens (primary N) is 1. The number of rotatable bonds is 3. The Hall–Kier alpha value is -1.04. The zero-order valence-electron chi connectivity index (χ0n) is 8.96. The Labute approximate surface area is 91.5 Å². The predicted molar refractivity (Wildman–Crippen MR) is 52.9 cm³/mol. The standard InChI is InChI=1S/C10H14F3N3/c1-6(14)4-9-15-5-8(10(11,12)13)16(9)7-2-3-7/h5-7H,2-4,14H2,1H3. The molecule has 1 atom stereocenters. The second-order valence-corrected chi connectivity index (χ2v) is 4.34. The first-order chi connectivity index (χ1) is 7.39. The van der Waals surface area contributed by atoms with Gasteiger partial charge in [0.05, 0.1) is 6.20 Å². The molecule has 1 saturated carbocycles. The summed E-state index contributed by atoms with van der Waals surface area (Å²) in [6.07, 6.45) is -1.44. The van der Waals surface area contributed by atoms with E-state index < -0.39 is 11.9 Å². The van der Waals surface area contributed by atoms with Gasteiger partial charge < -0.3 is 10.3 Å². The Kier molecular flexibility index (Phi) is 2.69. The van der Waals surface area contributed by atoms with Crippen molar-refractivity contribution in [2.24, 2.45) is 5.73 Å². The van der Waals surface area contributed by atoms with Gasteiger partial charge >= 0.3 is 6.18 Å². The van der Waals surface area contributed by atoms with Crippen LogP contribution in [-0.2, 0) is 12.6 Å². The van der Waals surface area contributed by atoms with Gasteiger partial charge in [-0.05, 0) is 19.8 Å². The van der Waals surface area contributed by atoms with Crippen molar-refractivity contribution in [1.82, 2.24) is 9.55 Å². The van der Waals surface area contributed by atoms with Crippen LogP contribution in [0, 0.1) is 0 Å². The van der Waals surface area contributed by atoms with Gasteiger partial charge in [-0.15, -0.1) is 0 Å². The molecule has 0 saturated heterocycles. The van der Waals surface area contributed by atoms with Crippen LogP contribution >= 0.6 is 0 Å². The van der Waals surface area contributed by atoms with Gasteiger partial charge in [-0.1, -0.05) is 0 Å². The van der Waals surface area contributed by atoms with Gasteiger partial charge in [0.1, 0.15) is 11.5 Å². The van der Waals surface area contributed by atoms with Crippen molar-refractivity contribution in [3.05, 3.63) is 17.7 Å². The first kappa shape index (κ1) is 11.4. The molecule has 2 rings (SSSR count). The summed E-state index contributed by atoms with van der Waals surface area (Å²) >= 11 is 0. The molecule has 0 bridgehead atoms. The Bertz CT molecular complexity index is 377. The minimum absolute atomic E-state index is 0.0344. The topological polar surface area (TPSA) is 43.8 Å². The fourth-order valence-electron chi connectivity index (χ4n) is 1.79. The summed E-state index contributed by atoms with van der Waals surface area (Å²) in [5.74, 6) is 0.449. The molecule has 1 aromatic heterocycles. The lowest BCUT2D eigenvalue weighted by molar-refractivity contribution is -0.143. The predicted octanol–water partition coefficient (Wildman–Crippen LogP) is 2.13. The average molecular weight is 233 g/mol. The molecule has 6 heteroatoms. The summed E-state index contributed by atoms with van der Waals surface area (Å²) < 4.78 is 39.4. The molecular formula is C10H14F3N3. The second kappa shape index (κ2) is 3.76. The van der Waals surface area contributed by atoms with Gasteiger partial charge in [-0.3, -0.25) is 0 Å². The lowest BCUT2D eigenvalue weighted by atomic mass is 10.2. The van der Waals surface area contributed by atoms with Crippen LogP contribution in [0.1, 0.15) is 37.3 Å². The van der Waals surface area contributed by atoms with Crippen LogP contribution in [0.5, 0.6) is 0 Å². The summed E-state index contributed by atoms with van der Waals surface area (Å²) in [5, 5.41) is 0. The van der Waals surface area contributed by atoms with Crippen molar-refractivity contribution in [1.29, 1.82) is 0 Å². The van der Waals surface area contributed by atoms with Crippen LogP contribution in [0.15, 0.2) is 6.20 Å². The molecule has 1 heterocycles. The van der Waals surface area contributed by atoms with Gasteiger partial charge in [-0.2, -0.15) is 13.2 Å². The molecule has 2 N–H and O–H groups in total. The molecule has 16 heavy (non-hydrogen) atoms. The number of hydrogen-bond acceptors (Lipinski definition) is 2. The summed E-state index contributed by atoms with van der Waals surface area (Å²) in [5.41, 5.74) is 4.95. The van der Waals surface area contributed by atoms with Gasteiger partial charge in [0, 0.05) is 18.5 Å². The van der Waals surface area contributed by atoms with Crippen LogP contribution in [0.2, 0.25) is 0 Å². The van der Waals surface area contributed by atoms with E-state index in [1.807, 2.05) is 0 Å². The zero-order chi connectivity index (χ0) is 11.9. The fourth-order valence-corrected chi connectivity index (χ4v) is 1.79. The van der Waals surface area contributed by atoms with Crippen molar-refractivity contribution >= 4 is 0 Å². The van der Waals surface area contributed by atoms with Crippen molar-refractivity contribution in [2.45, 2.75) is 44.4 Å². The molecule has 0 aliphatic heterocycles. The maximum Gasteiger partial charge on any atom is 0.433 e. The van der Waals surface area contributed by atoms with Crippen molar-refractivity contribution in [3.63, 3.8) is 0 Å². The van der Waals surface area contributed by atoms with Gasteiger partial charge in [0.15, 0.2) is 0 Å². The zero-order valence-corrected chi connectivity index (χ0v) is 8.96. The van der Waals surface area contributed by atoms with Gasteiger partial charge in [-0.25, -0.2) is 4.98 Å². The highest BCUT2D eigenvalue weighted by Gasteiger charge is 2.40. The summed E-state index contributed by atoms with van der Waals surface area (Å²) in [6.45, 7) is 1.76. The SMILES string of the molecule is CC(N)Cc1ncc(C(F)(F)F)n1C1CC1. The number of halogens is 3. The van der Waals surface area contributed by atoms with Crippen LogP contribution in [0.25, 0.3) is 0 Å². The summed E-state index contributed by atoms with van der Waals surface area (Å²) in [4.78, 5) is 3.85. The van der Waals surface area contributed by atoms with E-state index in [2.05, 4.69) is 4.98 Å². The van der Waals surface area contributed by atoms with Gasteiger partial charge in [0.2, 0.25) is 0 Å². The van der Waals surface area contributed by atoms with E-state index >= 15 is 0 Å². The first-order valence-electron chi connectivity index (χ1n) is 5.28. The van der Waals surface area contributed by atoms with E-state index in [0.29, 0.717) is 12.2 Å². The third-order valence-electron chi connectivity index (χ3n) is 2.58. The maximum atomic E-state index is 12.7. The van der Waals surface area contributed by atoms with E-state index in [4.69, 9.17) is 5.73 Å². The average Bonchev–Trinajstić information content (AvgIpc) is 2.86. The monoisotopic (exact) mass is 233 g/mol. The molecule has 1 aliphatic carbocycles. The number of imidazole rings is 1. The highest BCUT2D eigenvalue weighted by Crippen LogP contribution is 2.41. The van der Waals surface area contributed by atoms with E-state index in [-0.39, 0.29) is 12.1 Å². The van der Waals surface area contributed by atoms with Crippen molar-refractivity contribution in [3.8, 4) is 0 Å². The minimum atomic E-state index is -4.33. The molecule has 1 aromatic rings. The Morgan fingerprint density at radius 2 is 2.19 bits per heavy atom. The molecule has 0 amide bonds. The molecule has 3 nitrogen and oxygen atoms in total. The number of alkyl halides is 3. The largest absolute Gasteiger partial charge is 0.433 e. The molecule has 0 radical (unpaired) electrons. The van der Waals surface area contributed by atoms with Crippen LogP contribution in [0.4, 0.5) is 13.2 Å².